The molecule has 1 unspecified atom stereocenters. The van der Waals surface area contributed by atoms with Gasteiger partial charge in [-0.15, -0.1) is 0 Å². The smallest absolute Gasteiger partial charge is 0.317 e. The first-order chi connectivity index (χ1) is 10.6. The van der Waals surface area contributed by atoms with E-state index in [2.05, 4.69) is 22.1 Å². The zero-order valence-corrected chi connectivity index (χ0v) is 14.0. The summed E-state index contributed by atoms with van der Waals surface area (Å²) in [6.45, 7) is 2.60. The lowest BCUT2D eigenvalue weighted by atomic mass is 10.1. The Labute approximate surface area is 135 Å². The number of ether oxygens (including phenoxy) is 1. The van der Waals surface area contributed by atoms with E-state index in [1.165, 1.54) is 5.56 Å². The van der Waals surface area contributed by atoms with E-state index in [9.17, 15) is 4.79 Å². The highest BCUT2D eigenvalue weighted by Crippen LogP contribution is 2.13. The largest absolute Gasteiger partial charge is 0.497 e. The molecule has 0 spiro atoms. The van der Waals surface area contributed by atoms with Gasteiger partial charge in [0.05, 0.1) is 7.11 Å². The molecule has 22 heavy (non-hydrogen) atoms. The Hall–Kier alpha value is -2.01. The molecule has 2 rings (SSSR count). The van der Waals surface area contributed by atoms with Crippen molar-refractivity contribution in [1.82, 2.24) is 10.2 Å². The van der Waals surface area contributed by atoms with Gasteiger partial charge in [0.2, 0.25) is 0 Å². The summed E-state index contributed by atoms with van der Waals surface area (Å²) >= 11 is 1.68. The van der Waals surface area contributed by atoms with Crippen LogP contribution in [0.25, 0.3) is 0 Å². The van der Waals surface area contributed by atoms with Crippen LogP contribution in [0.1, 0.15) is 18.1 Å². The minimum atomic E-state index is -0.0569. The van der Waals surface area contributed by atoms with Crippen LogP contribution in [0.15, 0.2) is 41.1 Å². The second-order valence-electron chi connectivity index (χ2n) is 5.39. The fourth-order valence-corrected chi connectivity index (χ4v) is 2.89. The molecule has 0 saturated heterocycles. The van der Waals surface area contributed by atoms with Gasteiger partial charge in [0, 0.05) is 19.6 Å². The molecule has 1 heterocycles. The average molecular weight is 318 g/mol. The number of hydrogen-bond donors (Lipinski definition) is 1. The molecule has 2 aromatic rings. The highest BCUT2D eigenvalue weighted by Gasteiger charge is 2.13. The van der Waals surface area contributed by atoms with Crippen LogP contribution in [-0.2, 0) is 13.0 Å². The maximum absolute atomic E-state index is 12.2. The second-order valence-corrected chi connectivity index (χ2v) is 6.17. The van der Waals surface area contributed by atoms with Crippen molar-refractivity contribution >= 4 is 17.4 Å². The minimum absolute atomic E-state index is 0.0569. The van der Waals surface area contributed by atoms with Gasteiger partial charge in [-0.2, -0.15) is 11.3 Å². The third kappa shape index (κ3) is 4.77. The maximum atomic E-state index is 12.2. The Bertz CT molecular complexity index is 581. The van der Waals surface area contributed by atoms with Crippen LogP contribution < -0.4 is 10.1 Å². The van der Waals surface area contributed by atoms with E-state index in [0.717, 1.165) is 17.7 Å². The predicted molar refractivity (Wildman–Crippen MR) is 90.5 cm³/mol. The number of carbonyl (C=O) groups excluding carboxylic acids is 1. The van der Waals surface area contributed by atoms with Crippen LogP contribution >= 0.6 is 11.3 Å². The molecule has 4 nitrogen and oxygen atoms in total. The Morgan fingerprint density at radius 1 is 1.27 bits per heavy atom. The number of thiophene rings is 1. The fraction of sp³-hybridized carbons (Fsp3) is 0.353. The van der Waals surface area contributed by atoms with Gasteiger partial charge in [0.15, 0.2) is 0 Å². The molecule has 0 aliphatic rings. The van der Waals surface area contributed by atoms with Gasteiger partial charge in [-0.25, -0.2) is 4.79 Å². The summed E-state index contributed by atoms with van der Waals surface area (Å²) in [5, 5.41) is 7.20. The molecule has 1 atom stereocenters. The predicted octanol–water partition coefficient (Wildman–Crippen LogP) is 3.53. The van der Waals surface area contributed by atoms with Crippen molar-refractivity contribution in [3.8, 4) is 5.75 Å². The molecule has 0 radical (unpaired) electrons. The molecule has 2 amide bonds. The summed E-state index contributed by atoms with van der Waals surface area (Å²) in [4.78, 5) is 13.9. The zero-order chi connectivity index (χ0) is 15.9. The van der Waals surface area contributed by atoms with Crippen molar-refractivity contribution in [2.75, 3.05) is 14.2 Å². The zero-order valence-electron chi connectivity index (χ0n) is 13.2. The van der Waals surface area contributed by atoms with E-state index in [-0.39, 0.29) is 12.1 Å². The number of methoxy groups -OCH3 is 1. The molecular formula is C17H22N2O2S. The van der Waals surface area contributed by atoms with Crippen LogP contribution in [0.5, 0.6) is 5.75 Å². The molecule has 0 fully saturated rings. The lowest BCUT2D eigenvalue weighted by Crippen LogP contribution is -2.42. The van der Waals surface area contributed by atoms with Crippen LogP contribution in [0.4, 0.5) is 4.79 Å². The first-order valence-corrected chi connectivity index (χ1v) is 8.18. The second kappa shape index (κ2) is 7.84. The first-order valence-electron chi connectivity index (χ1n) is 7.24. The van der Waals surface area contributed by atoms with Crippen molar-refractivity contribution < 1.29 is 9.53 Å². The molecule has 0 aliphatic carbocycles. The van der Waals surface area contributed by atoms with Gasteiger partial charge in [-0.3, -0.25) is 0 Å². The summed E-state index contributed by atoms with van der Waals surface area (Å²) < 4.78 is 5.13. The lowest BCUT2D eigenvalue weighted by Gasteiger charge is -2.21. The van der Waals surface area contributed by atoms with Crippen molar-refractivity contribution in [2.45, 2.75) is 25.9 Å². The van der Waals surface area contributed by atoms with Crippen LogP contribution in [0.3, 0.4) is 0 Å². The molecular weight excluding hydrogens is 296 g/mol. The van der Waals surface area contributed by atoms with E-state index in [1.807, 2.05) is 31.2 Å². The van der Waals surface area contributed by atoms with Gasteiger partial charge in [-0.05, 0) is 53.4 Å². The highest BCUT2D eigenvalue weighted by molar-refractivity contribution is 7.07. The molecule has 1 aromatic heterocycles. The molecule has 0 saturated carbocycles. The summed E-state index contributed by atoms with van der Waals surface area (Å²) in [7, 11) is 3.44. The van der Waals surface area contributed by atoms with E-state index in [4.69, 9.17) is 4.74 Å². The van der Waals surface area contributed by atoms with Crippen LogP contribution in [0.2, 0.25) is 0 Å². The van der Waals surface area contributed by atoms with Gasteiger partial charge in [0.1, 0.15) is 5.75 Å². The van der Waals surface area contributed by atoms with Gasteiger partial charge in [-0.1, -0.05) is 12.1 Å². The van der Waals surface area contributed by atoms with Crippen LogP contribution in [0, 0.1) is 0 Å². The molecule has 0 bridgehead atoms. The van der Waals surface area contributed by atoms with Gasteiger partial charge in [0.25, 0.3) is 0 Å². The summed E-state index contributed by atoms with van der Waals surface area (Å²) in [6.07, 6.45) is 0.853. The summed E-state index contributed by atoms with van der Waals surface area (Å²) in [5.74, 6) is 0.820. The number of rotatable bonds is 6. The van der Waals surface area contributed by atoms with Crippen molar-refractivity contribution in [2.24, 2.45) is 0 Å². The third-order valence-corrected chi connectivity index (χ3v) is 4.15. The van der Waals surface area contributed by atoms with E-state index in [1.54, 1.807) is 30.4 Å². The van der Waals surface area contributed by atoms with E-state index < -0.39 is 0 Å². The number of nitrogens with zero attached hydrogens (tertiary/aromatic N) is 1. The standard InChI is InChI=1S/C17H22N2O2S/c1-13(10-15-8-9-22-12-15)18-17(20)19(2)11-14-4-6-16(21-3)7-5-14/h4-9,12-13H,10-11H2,1-3H3,(H,18,20). The normalized spacial score (nSPS) is 11.8. The quantitative estimate of drug-likeness (QED) is 0.885. The number of hydrogen-bond acceptors (Lipinski definition) is 3. The number of benzene rings is 1. The highest BCUT2D eigenvalue weighted by atomic mass is 32.1. The Morgan fingerprint density at radius 2 is 2.00 bits per heavy atom. The molecule has 1 N–H and O–H groups in total. The SMILES string of the molecule is COc1ccc(CN(C)C(=O)NC(C)Cc2ccsc2)cc1. The van der Waals surface area contributed by atoms with Crippen LogP contribution in [-0.4, -0.2) is 31.1 Å². The van der Waals surface area contributed by atoms with Gasteiger partial charge < -0.3 is 15.0 Å². The number of amides is 2. The van der Waals surface area contributed by atoms with E-state index >= 15 is 0 Å². The number of nitrogens with one attached hydrogen (secondary N) is 1. The summed E-state index contributed by atoms with van der Waals surface area (Å²) in [6, 6.07) is 9.89. The number of urea groups is 1. The minimum Gasteiger partial charge on any atom is -0.497 e. The third-order valence-electron chi connectivity index (χ3n) is 3.42. The van der Waals surface area contributed by atoms with E-state index in [0.29, 0.717) is 6.54 Å². The number of carbonyl (C=O) groups is 1. The van der Waals surface area contributed by atoms with Crippen molar-refractivity contribution in [3.63, 3.8) is 0 Å². The Morgan fingerprint density at radius 3 is 2.59 bits per heavy atom. The average Bonchev–Trinajstić information content (AvgIpc) is 3.00. The Balaban J connectivity index is 1.83. The molecule has 1 aromatic carbocycles. The molecule has 5 heteroatoms. The first kappa shape index (κ1) is 16.4. The molecule has 0 aliphatic heterocycles. The monoisotopic (exact) mass is 318 g/mol. The topological polar surface area (TPSA) is 41.6 Å². The van der Waals surface area contributed by atoms with Crippen molar-refractivity contribution in [3.05, 3.63) is 52.2 Å². The fourth-order valence-electron chi connectivity index (χ4n) is 2.21. The Kier molecular flexibility index (Phi) is 5.83. The van der Waals surface area contributed by atoms with Gasteiger partial charge >= 0.3 is 6.03 Å². The molecule has 118 valence electrons. The summed E-state index contributed by atoms with van der Waals surface area (Å²) in [5.41, 5.74) is 2.33. The van der Waals surface area contributed by atoms with Crippen molar-refractivity contribution in [1.29, 1.82) is 0 Å². The lowest BCUT2D eigenvalue weighted by molar-refractivity contribution is 0.203. The maximum Gasteiger partial charge on any atom is 0.317 e.